The number of likely N-dealkylation sites (tertiary alicyclic amines) is 1. The Balaban J connectivity index is 1.28. The highest BCUT2D eigenvalue weighted by Gasteiger charge is 2.38. The number of carbonyl (C=O) groups excluding carboxylic acids is 2. The van der Waals surface area contributed by atoms with E-state index in [0.717, 1.165) is 70.3 Å². The van der Waals surface area contributed by atoms with Crippen molar-refractivity contribution in [3.05, 3.63) is 71.0 Å². The van der Waals surface area contributed by atoms with E-state index in [1.165, 1.54) is 49.8 Å². The quantitative estimate of drug-likeness (QED) is 0.495. The van der Waals surface area contributed by atoms with Crippen molar-refractivity contribution in [2.75, 3.05) is 26.2 Å². The zero-order valence-corrected chi connectivity index (χ0v) is 22.8. The molecule has 2 fully saturated rings. The summed E-state index contributed by atoms with van der Waals surface area (Å²) >= 11 is 0. The molecule has 1 N–H and O–H groups in total. The van der Waals surface area contributed by atoms with Gasteiger partial charge in [-0.2, -0.15) is 0 Å². The van der Waals surface area contributed by atoms with Crippen molar-refractivity contribution in [3.63, 3.8) is 0 Å². The van der Waals surface area contributed by atoms with Gasteiger partial charge in [-0.1, -0.05) is 62.1 Å². The van der Waals surface area contributed by atoms with Crippen molar-refractivity contribution < 1.29 is 14.0 Å². The lowest BCUT2D eigenvalue weighted by Crippen LogP contribution is -2.53. The molecule has 0 aromatic heterocycles. The molecule has 1 saturated carbocycles. The summed E-state index contributed by atoms with van der Waals surface area (Å²) in [6, 6.07) is 15.4. The van der Waals surface area contributed by atoms with Gasteiger partial charge in [-0.15, -0.1) is 0 Å². The summed E-state index contributed by atoms with van der Waals surface area (Å²) < 4.78 is 14.1. The lowest BCUT2D eigenvalue weighted by Gasteiger charge is -2.44. The smallest absolute Gasteiger partial charge is 0.226 e. The number of halogens is 1. The Bertz CT molecular complexity index is 1120. The molecule has 1 unspecified atom stereocenters. The lowest BCUT2D eigenvalue weighted by atomic mass is 9.80. The van der Waals surface area contributed by atoms with Crippen LogP contribution in [0.1, 0.15) is 87.4 Å². The average Bonchev–Trinajstić information content (AvgIpc) is 3.21. The summed E-state index contributed by atoms with van der Waals surface area (Å²) in [6.07, 6.45) is 10.2. The van der Waals surface area contributed by atoms with Gasteiger partial charge in [0.1, 0.15) is 5.82 Å². The van der Waals surface area contributed by atoms with Crippen LogP contribution in [0.3, 0.4) is 0 Å². The molecule has 3 aliphatic rings. The van der Waals surface area contributed by atoms with Gasteiger partial charge in [0.2, 0.25) is 11.8 Å². The molecule has 0 spiro atoms. The van der Waals surface area contributed by atoms with E-state index < -0.39 is 5.54 Å². The van der Waals surface area contributed by atoms with Crippen LogP contribution in [0.2, 0.25) is 0 Å². The molecule has 2 aromatic rings. The summed E-state index contributed by atoms with van der Waals surface area (Å²) in [5, 5.41) is 3.16. The molecule has 1 atom stereocenters. The van der Waals surface area contributed by atoms with E-state index in [4.69, 9.17) is 0 Å². The van der Waals surface area contributed by atoms with E-state index in [1.807, 2.05) is 6.07 Å². The van der Waals surface area contributed by atoms with Crippen LogP contribution in [0, 0.1) is 11.7 Å². The number of fused-ring (bicyclic) bond motifs is 1. The van der Waals surface area contributed by atoms with Crippen LogP contribution >= 0.6 is 0 Å². The topological polar surface area (TPSA) is 52.7 Å². The van der Waals surface area contributed by atoms with Gasteiger partial charge < -0.3 is 15.1 Å². The molecule has 0 radical (unpaired) electrons. The third kappa shape index (κ3) is 5.96. The van der Waals surface area contributed by atoms with Crippen LogP contribution in [0.5, 0.6) is 0 Å². The van der Waals surface area contributed by atoms with Gasteiger partial charge >= 0.3 is 0 Å². The molecule has 1 aliphatic carbocycles. The molecule has 2 amide bonds. The molecule has 5 rings (SSSR count). The summed E-state index contributed by atoms with van der Waals surface area (Å²) in [6.45, 7) is 4.88. The first-order valence-corrected chi connectivity index (χ1v) is 14.6. The number of benzene rings is 2. The normalized spacial score (nSPS) is 22.4. The second-order valence-corrected chi connectivity index (χ2v) is 11.6. The average molecular weight is 520 g/mol. The maximum atomic E-state index is 14.1. The van der Waals surface area contributed by atoms with Gasteiger partial charge in [0.25, 0.3) is 0 Å². The molecule has 2 aliphatic heterocycles. The number of amides is 2. The maximum Gasteiger partial charge on any atom is 0.226 e. The zero-order valence-electron chi connectivity index (χ0n) is 22.8. The molecular weight excluding hydrogens is 477 g/mol. The van der Waals surface area contributed by atoms with Gasteiger partial charge in [-0.05, 0) is 67.3 Å². The number of hydrogen-bond donors (Lipinski definition) is 1. The molecule has 5 nitrogen and oxygen atoms in total. The zero-order chi connectivity index (χ0) is 26.5. The highest BCUT2D eigenvalue weighted by atomic mass is 19.1. The molecule has 2 aromatic carbocycles. The predicted octanol–water partition coefficient (Wildman–Crippen LogP) is 5.74. The minimum absolute atomic E-state index is 0.0887. The standard InChI is InChI=1S/C32H42FN3O2/c1-24(37)34-32(27-12-8-13-28(33)23-27)17-21-35(22-18-32)19-16-30-29-14-7-6-9-25(29)15-20-36(30)31(38)26-10-4-2-3-5-11-26/h6-9,12-14,23,26,30H,2-5,10-11,15-22H2,1H3,(H,34,37). The van der Waals surface area contributed by atoms with Crippen molar-refractivity contribution >= 4 is 11.8 Å². The van der Waals surface area contributed by atoms with E-state index in [-0.39, 0.29) is 23.7 Å². The van der Waals surface area contributed by atoms with E-state index in [0.29, 0.717) is 5.91 Å². The first-order chi connectivity index (χ1) is 18.4. The molecule has 1 saturated heterocycles. The number of nitrogens with one attached hydrogen (secondary N) is 1. The van der Waals surface area contributed by atoms with Crippen molar-refractivity contribution in [2.45, 2.75) is 82.7 Å². The summed E-state index contributed by atoms with van der Waals surface area (Å²) in [4.78, 5) is 30.5. The number of rotatable bonds is 6. The number of piperidine rings is 1. The Morgan fingerprint density at radius 2 is 1.71 bits per heavy atom. The van der Waals surface area contributed by atoms with Crippen molar-refractivity contribution in [2.24, 2.45) is 5.92 Å². The van der Waals surface area contributed by atoms with Gasteiger partial charge in [0, 0.05) is 39.0 Å². The van der Waals surface area contributed by atoms with E-state index in [9.17, 15) is 14.0 Å². The number of carbonyl (C=O) groups is 2. The summed E-state index contributed by atoms with van der Waals surface area (Å²) in [7, 11) is 0. The van der Waals surface area contributed by atoms with Gasteiger partial charge in [-0.3, -0.25) is 9.59 Å². The van der Waals surface area contributed by atoms with Gasteiger partial charge in [-0.25, -0.2) is 4.39 Å². The number of nitrogens with zero attached hydrogens (tertiary/aromatic N) is 2. The highest BCUT2D eigenvalue weighted by Crippen LogP contribution is 2.37. The molecular formula is C32H42FN3O2. The third-order valence-electron chi connectivity index (χ3n) is 9.12. The third-order valence-corrected chi connectivity index (χ3v) is 9.12. The van der Waals surface area contributed by atoms with E-state index in [1.54, 1.807) is 12.1 Å². The Morgan fingerprint density at radius 3 is 2.42 bits per heavy atom. The van der Waals surface area contributed by atoms with Gasteiger partial charge in [0.05, 0.1) is 11.6 Å². The van der Waals surface area contributed by atoms with Crippen LogP contribution in [-0.4, -0.2) is 47.8 Å². The fourth-order valence-corrected chi connectivity index (χ4v) is 7.06. The van der Waals surface area contributed by atoms with Gasteiger partial charge in [0.15, 0.2) is 0 Å². The monoisotopic (exact) mass is 519 g/mol. The molecule has 2 heterocycles. The first-order valence-electron chi connectivity index (χ1n) is 14.6. The highest BCUT2D eigenvalue weighted by molar-refractivity contribution is 5.79. The predicted molar refractivity (Wildman–Crippen MR) is 148 cm³/mol. The van der Waals surface area contributed by atoms with E-state index in [2.05, 4.69) is 39.4 Å². The summed E-state index contributed by atoms with van der Waals surface area (Å²) in [5.74, 6) is 0.170. The van der Waals surface area contributed by atoms with Crippen LogP contribution in [0.25, 0.3) is 0 Å². The molecule has 0 bridgehead atoms. The van der Waals surface area contributed by atoms with Crippen molar-refractivity contribution in [1.82, 2.24) is 15.1 Å². The van der Waals surface area contributed by atoms with Crippen molar-refractivity contribution in [1.29, 1.82) is 0 Å². The summed E-state index contributed by atoms with van der Waals surface area (Å²) in [5.41, 5.74) is 2.99. The Morgan fingerprint density at radius 1 is 0.974 bits per heavy atom. The fourth-order valence-electron chi connectivity index (χ4n) is 7.06. The molecule has 6 heteroatoms. The van der Waals surface area contributed by atoms with Crippen LogP contribution in [0.15, 0.2) is 48.5 Å². The van der Waals surface area contributed by atoms with Crippen LogP contribution in [-0.2, 0) is 21.5 Å². The van der Waals surface area contributed by atoms with Crippen LogP contribution in [0.4, 0.5) is 4.39 Å². The second-order valence-electron chi connectivity index (χ2n) is 11.6. The minimum Gasteiger partial charge on any atom is -0.347 e. The van der Waals surface area contributed by atoms with Crippen LogP contribution < -0.4 is 5.32 Å². The largest absolute Gasteiger partial charge is 0.347 e. The van der Waals surface area contributed by atoms with Crippen molar-refractivity contribution in [3.8, 4) is 0 Å². The van der Waals surface area contributed by atoms with E-state index >= 15 is 0 Å². The maximum absolute atomic E-state index is 14.1. The SMILES string of the molecule is CC(=O)NC1(c2cccc(F)c2)CCN(CCC2c3ccccc3CCN2C(=O)C2CCCCCC2)CC1. The first kappa shape index (κ1) is 26.9. The Kier molecular flexibility index (Phi) is 8.47. The Labute approximate surface area is 226 Å². The minimum atomic E-state index is -0.538. The number of hydrogen-bond acceptors (Lipinski definition) is 3. The Hall–Kier alpha value is -2.73. The molecule has 38 heavy (non-hydrogen) atoms. The fraction of sp³-hybridized carbons (Fsp3) is 0.562. The molecule has 204 valence electrons. The lowest BCUT2D eigenvalue weighted by molar-refractivity contribution is -0.139. The second kappa shape index (κ2) is 12.0.